The SMILES string of the molecule is C[C@@H]1NC=CN1c1cccc(N2C=CN[C@@H]2C)[n+]1C. The molecule has 3 heterocycles. The number of nitrogens with one attached hydrogen (secondary N) is 2. The van der Waals surface area contributed by atoms with E-state index in [1.165, 1.54) is 11.6 Å². The van der Waals surface area contributed by atoms with Gasteiger partial charge in [0.1, 0.15) is 12.3 Å². The van der Waals surface area contributed by atoms with Crippen LogP contribution in [0.1, 0.15) is 13.8 Å². The number of nitrogens with zero attached hydrogens (tertiary/aromatic N) is 3. The molecule has 0 amide bonds. The van der Waals surface area contributed by atoms with Gasteiger partial charge in [-0.15, -0.1) is 0 Å². The number of pyridine rings is 1. The van der Waals surface area contributed by atoms with Crippen molar-refractivity contribution in [2.45, 2.75) is 26.2 Å². The fourth-order valence-electron chi connectivity index (χ4n) is 2.57. The Labute approximate surface area is 113 Å². The van der Waals surface area contributed by atoms with Crippen LogP contribution in [0.4, 0.5) is 11.6 Å². The summed E-state index contributed by atoms with van der Waals surface area (Å²) in [5.74, 6) is 2.33. The average Bonchev–Trinajstić information content (AvgIpc) is 2.99. The molecule has 1 aromatic rings. The summed E-state index contributed by atoms with van der Waals surface area (Å²) in [5, 5.41) is 6.57. The molecule has 0 aromatic carbocycles. The fraction of sp³-hybridized carbons (Fsp3) is 0.357. The van der Waals surface area contributed by atoms with E-state index in [2.05, 4.69) is 76.5 Å². The molecule has 2 N–H and O–H groups in total. The van der Waals surface area contributed by atoms with Crippen molar-refractivity contribution in [1.29, 1.82) is 0 Å². The summed E-state index contributed by atoms with van der Waals surface area (Å²) >= 11 is 0. The molecule has 0 saturated carbocycles. The molecule has 2 atom stereocenters. The van der Waals surface area contributed by atoms with Crippen LogP contribution in [0.2, 0.25) is 0 Å². The standard InChI is InChI=1S/C14H20N5/c1-11-15-7-9-18(11)13-5-4-6-14(17(13)3)19-10-8-16-12(19)2/h4-12,15-16H,1-3H3/q+1/t11-,12+. The van der Waals surface area contributed by atoms with E-state index in [-0.39, 0.29) is 12.3 Å². The molecule has 0 radical (unpaired) electrons. The van der Waals surface area contributed by atoms with Gasteiger partial charge in [-0.25, -0.2) is 14.4 Å². The quantitative estimate of drug-likeness (QED) is 0.775. The van der Waals surface area contributed by atoms with Crippen molar-refractivity contribution in [3.8, 4) is 0 Å². The summed E-state index contributed by atoms with van der Waals surface area (Å²) in [6, 6.07) is 6.37. The van der Waals surface area contributed by atoms with Crippen molar-refractivity contribution in [2.75, 3.05) is 9.80 Å². The van der Waals surface area contributed by atoms with E-state index < -0.39 is 0 Å². The Hall–Kier alpha value is -2.17. The number of aromatic nitrogens is 1. The summed E-state index contributed by atoms with van der Waals surface area (Å²) in [5.41, 5.74) is 0. The van der Waals surface area contributed by atoms with Gasteiger partial charge in [-0.1, -0.05) is 0 Å². The van der Waals surface area contributed by atoms with Gasteiger partial charge in [0.15, 0.2) is 0 Å². The highest BCUT2D eigenvalue weighted by molar-refractivity contribution is 5.47. The lowest BCUT2D eigenvalue weighted by Crippen LogP contribution is -2.47. The summed E-state index contributed by atoms with van der Waals surface area (Å²) in [6.07, 6.45) is 8.68. The third-order valence-corrected chi connectivity index (χ3v) is 3.69. The molecule has 5 nitrogen and oxygen atoms in total. The molecule has 0 aliphatic carbocycles. The van der Waals surface area contributed by atoms with Gasteiger partial charge in [0, 0.05) is 24.5 Å². The van der Waals surface area contributed by atoms with Gasteiger partial charge >= 0.3 is 0 Å². The number of anilines is 2. The van der Waals surface area contributed by atoms with Crippen LogP contribution >= 0.6 is 0 Å². The van der Waals surface area contributed by atoms with Crippen molar-refractivity contribution in [3.05, 3.63) is 43.0 Å². The van der Waals surface area contributed by atoms with E-state index in [1.807, 2.05) is 12.4 Å². The smallest absolute Gasteiger partial charge is 0.229 e. The molecule has 2 aliphatic heterocycles. The molecule has 0 saturated heterocycles. The van der Waals surface area contributed by atoms with Crippen LogP contribution < -0.4 is 25.0 Å². The Bertz CT molecular complexity index is 492. The highest BCUT2D eigenvalue weighted by Crippen LogP contribution is 2.21. The van der Waals surface area contributed by atoms with Gasteiger partial charge in [0.25, 0.3) is 0 Å². The molecule has 5 heteroatoms. The third-order valence-electron chi connectivity index (χ3n) is 3.69. The highest BCUT2D eigenvalue weighted by Gasteiger charge is 2.27. The summed E-state index contributed by atoms with van der Waals surface area (Å²) in [7, 11) is 2.10. The molecule has 0 bridgehead atoms. The first-order valence-electron chi connectivity index (χ1n) is 6.59. The molecular weight excluding hydrogens is 238 g/mol. The highest BCUT2D eigenvalue weighted by atomic mass is 15.4. The van der Waals surface area contributed by atoms with Crippen LogP contribution in [-0.2, 0) is 7.05 Å². The second-order valence-corrected chi connectivity index (χ2v) is 4.93. The van der Waals surface area contributed by atoms with Gasteiger partial charge in [-0.2, -0.15) is 0 Å². The van der Waals surface area contributed by atoms with Crippen molar-refractivity contribution in [3.63, 3.8) is 0 Å². The van der Waals surface area contributed by atoms with Crippen molar-refractivity contribution in [2.24, 2.45) is 7.05 Å². The number of hydrogen-bond acceptors (Lipinski definition) is 4. The van der Waals surface area contributed by atoms with Gasteiger partial charge in [0.05, 0.1) is 19.4 Å². The van der Waals surface area contributed by atoms with E-state index in [4.69, 9.17) is 0 Å². The van der Waals surface area contributed by atoms with E-state index in [0.717, 1.165) is 0 Å². The first kappa shape index (κ1) is 11.9. The average molecular weight is 258 g/mol. The lowest BCUT2D eigenvalue weighted by atomic mass is 10.3. The van der Waals surface area contributed by atoms with Crippen LogP contribution in [0.5, 0.6) is 0 Å². The second-order valence-electron chi connectivity index (χ2n) is 4.93. The van der Waals surface area contributed by atoms with Gasteiger partial charge in [-0.05, 0) is 19.9 Å². The Morgan fingerprint density at radius 3 is 1.79 bits per heavy atom. The monoisotopic (exact) mass is 258 g/mol. The summed E-state index contributed by atoms with van der Waals surface area (Å²) < 4.78 is 2.21. The summed E-state index contributed by atoms with van der Waals surface area (Å²) in [6.45, 7) is 4.29. The van der Waals surface area contributed by atoms with Crippen molar-refractivity contribution >= 4 is 11.6 Å². The van der Waals surface area contributed by atoms with Gasteiger partial charge < -0.3 is 10.6 Å². The first-order valence-corrected chi connectivity index (χ1v) is 6.59. The lowest BCUT2D eigenvalue weighted by molar-refractivity contribution is -0.646. The maximum absolute atomic E-state index is 3.29. The minimum Gasteiger partial charge on any atom is -0.357 e. The van der Waals surface area contributed by atoms with E-state index in [9.17, 15) is 0 Å². The second kappa shape index (κ2) is 4.50. The zero-order valence-corrected chi connectivity index (χ0v) is 11.5. The molecule has 0 fully saturated rings. The number of rotatable bonds is 2. The van der Waals surface area contributed by atoms with E-state index in [1.54, 1.807) is 0 Å². The Morgan fingerprint density at radius 1 is 0.947 bits per heavy atom. The molecular formula is C14H20N5+. The van der Waals surface area contributed by atoms with Crippen LogP contribution in [0, 0.1) is 0 Å². The van der Waals surface area contributed by atoms with Crippen molar-refractivity contribution in [1.82, 2.24) is 10.6 Å². The first-order chi connectivity index (χ1) is 9.18. The van der Waals surface area contributed by atoms with Crippen molar-refractivity contribution < 1.29 is 4.57 Å². The fourth-order valence-corrected chi connectivity index (χ4v) is 2.57. The van der Waals surface area contributed by atoms with Crippen LogP contribution in [0.25, 0.3) is 0 Å². The normalized spacial score (nSPS) is 24.8. The third kappa shape index (κ3) is 1.91. The predicted octanol–water partition coefficient (Wildman–Crippen LogP) is 0.965. The molecule has 2 aliphatic rings. The Kier molecular flexibility index (Phi) is 2.81. The van der Waals surface area contributed by atoms with Gasteiger partial charge in [0.2, 0.25) is 11.6 Å². The van der Waals surface area contributed by atoms with Gasteiger partial charge in [-0.3, -0.25) is 0 Å². The zero-order chi connectivity index (χ0) is 13.4. The molecule has 19 heavy (non-hydrogen) atoms. The number of hydrogen-bond donors (Lipinski definition) is 2. The largest absolute Gasteiger partial charge is 0.357 e. The maximum Gasteiger partial charge on any atom is 0.229 e. The minimum atomic E-state index is 0.283. The Balaban J connectivity index is 1.99. The molecule has 0 spiro atoms. The molecule has 3 rings (SSSR count). The van der Waals surface area contributed by atoms with Crippen LogP contribution in [0.15, 0.2) is 43.0 Å². The summed E-state index contributed by atoms with van der Waals surface area (Å²) in [4.78, 5) is 4.45. The molecule has 0 unspecified atom stereocenters. The maximum atomic E-state index is 3.29. The topological polar surface area (TPSA) is 34.4 Å². The minimum absolute atomic E-state index is 0.283. The molecule has 100 valence electrons. The van der Waals surface area contributed by atoms with E-state index >= 15 is 0 Å². The van der Waals surface area contributed by atoms with E-state index in [0.29, 0.717) is 0 Å². The predicted molar refractivity (Wildman–Crippen MR) is 76.1 cm³/mol. The zero-order valence-electron chi connectivity index (χ0n) is 11.5. The van der Waals surface area contributed by atoms with Crippen LogP contribution in [0.3, 0.4) is 0 Å². The lowest BCUT2D eigenvalue weighted by Gasteiger charge is -2.23. The van der Waals surface area contributed by atoms with Crippen LogP contribution in [-0.4, -0.2) is 12.3 Å². The molecule has 1 aromatic heterocycles. The Morgan fingerprint density at radius 2 is 1.42 bits per heavy atom.